The maximum atomic E-state index is 12.8. The van der Waals surface area contributed by atoms with Crippen molar-refractivity contribution < 1.29 is 17.9 Å². The fourth-order valence-electron chi connectivity index (χ4n) is 3.11. The van der Waals surface area contributed by atoms with Crippen LogP contribution in [0.3, 0.4) is 0 Å². The Kier molecular flexibility index (Phi) is 5.53. The van der Waals surface area contributed by atoms with Crippen LogP contribution in [0.25, 0.3) is 0 Å². The predicted molar refractivity (Wildman–Crippen MR) is 104 cm³/mol. The molecule has 1 heterocycles. The molecule has 2 aromatic carbocycles. The van der Waals surface area contributed by atoms with Gasteiger partial charge >= 0.3 is 0 Å². The van der Waals surface area contributed by atoms with Gasteiger partial charge in [-0.25, -0.2) is 8.42 Å². The van der Waals surface area contributed by atoms with Crippen molar-refractivity contribution >= 4 is 21.6 Å². The van der Waals surface area contributed by atoms with E-state index in [1.54, 1.807) is 48.2 Å². The van der Waals surface area contributed by atoms with Crippen molar-refractivity contribution in [3.63, 3.8) is 0 Å². The molecule has 0 aromatic heterocycles. The van der Waals surface area contributed by atoms with Gasteiger partial charge in [-0.1, -0.05) is 18.2 Å². The molecule has 3 rings (SSSR count). The fourth-order valence-corrected chi connectivity index (χ4v) is 4.49. The Labute approximate surface area is 160 Å². The number of morpholine rings is 1. The van der Waals surface area contributed by atoms with Crippen LogP contribution in [0.15, 0.2) is 47.4 Å². The van der Waals surface area contributed by atoms with Crippen molar-refractivity contribution in [3.05, 3.63) is 59.2 Å². The summed E-state index contributed by atoms with van der Waals surface area (Å²) in [4.78, 5) is 14.7. The van der Waals surface area contributed by atoms with E-state index in [0.717, 1.165) is 5.56 Å². The van der Waals surface area contributed by atoms with E-state index in [1.807, 2.05) is 19.9 Å². The third-order valence-electron chi connectivity index (χ3n) is 4.52. The van der Waals surface area contributed by atoms with E-state index in [1.165, 1.54) is 0 Å². The Hall–Kier alpha value is -2.38. The first-order valence-electron chi connectivity index (χ1n) is 8.87. The molecule has 1 atom stereocenters. The number of carbonyl (C=O) groups is 1. The van der Waals surface area contributed by atoms with Crippen molar-refractivity contribution in [2.45, 2.75) is 31.8 Å². The number of carbonyl (C=O) groups excluding carboxylic acids is 1. The van der Waals surface area contributed by atoms with E-state index in [9.17, 15) is 13.2 Å². The van der Waals surface area contributed by atoms with Crippen LogP contribution in [0, 0.1) is 13.8 Å². The lowest BCUT2D eigenvalue weighted by Crippen LogP contribution is -2.44. The zero-order chi connectivity index (χ0) is 19.6. The third kappa shape index (κ3) is 4.48. The van der Waals surface area contributed by atoms with E-state index in [0.29, 0.717) is 36.5 Å². The molecule has 1 N–H and O–H groups in total. The van der Waals surface area contributed by atoms with Crippen LogP contribution in [0.5, 0.6) is 0 Å². The second-order valence-corrected chi connectivity index (χ2v) is 8.54. The van der Waals surface area contributed by atoms with Crippen LogP contribution < -0.4 is 4.72 Å². The molecule has 0 saturated carbocycles. The molecule has 1 aliphatic heterocycles. The van der Waals surface area contributed by atoms with E-state index < -0.39 is 10.0 Å². The number of benzene rings is 2. The lowest BCUT2D eigenvalue weighted by Gasteiger charge is -2.31. The lowest BCUT2D eigenvalue weighted by molar-refractivity contribution is -0.0124. The van der Waals surface area contributed by atoms with E-state index >= 15 is 0 Å². The first-order chi connectivity index (χ1) is 12.8. The Bertz CT molecular complexity index is 956. The smallest absolute Gasteiger partial charge is 0.262 e. The highest BCUT2D eigenvalue weighted by atomic mass is 32.2. The number of ether oxygens (including phenoxy) is 1. The average molecular weight is 388 g/mol. The van der Waals surface area contributed by atoms with E-state index in [4.69, 9.17) is 4.74 Å². The minimum absolute atomic E-state index is 0.00585. The summed E-state index contributed by atoms with van der Waals surface area (Å²) in [6.07, 6.45) is -0.00585. The monoisotopic (exact) mass is 388 g/mol. The van der Waals surface area contributed by atoms with Gasteiger partial charge in [0, 0.05) is 24.3 Å². The normalized spacial score (nSPS) is 17.6. The summed E-state index contributed by atoms with van der Waals surface area (Å²) in [6.45, 7) is 7.09. The van der Waals surface area contributed by atoms with Gasteiger partial charge in [0.15, 0.2) is 0 Å². The Morgan fingerprint density at radius 2 is 1.96 bits per heavy atom. The maximum Gasteiger partial charge on any atom is 0.262 e. The topological polar surface area (TPSA) is 75.7 Å². The molecule has 7 heteroatoms. The molecule has 0 bridgehead atoms. The van der Waals surface area contributed by atoms with Crippen molar-refractivity contribution in [3.8, 4) is 0 Å². The van der Waals surface area contributed by atoms with Crippen molar-refractivity contribution in [1.29, 1.82) is 0 Å². The lowest BCUT2D eigenvalue weighted by atomic mass is 10.1. The molecule has 2 aromatic rings. The summed E-state index contributed by atoms with van der Waals surface area (Å²) >= 11 is 0. The molecule has 144 valence electrons. The van der Waals surface area contributed by atoms with Gasteiger partial charge in [-0.15, -0.1) is 0 Å². The van der Waals surface area contributed by atoms with Crippen LogP contribution in [-0.4, -0.2) is 45.0 Å². The molecule has 0 aliphatic carbocycles. The third-order valence-corrected chi connectivity index (χ3v) is 6.05. The molecule has 6 nitrogen and oxygen atoms in total. The Balaban J connectivity index is 1.83. The number of aryl methyl sites for hydroxylation is 2. The standard InChI is InChI=1S/C20H24N2O4S/c1-14-7-8-15(2)19(11-14)27(24,25)21-18-6-4-5-17(12-18)20(23)22-9-10-26-16(3)13-22/h4-8,11-12,16,21H,9-10,13H2,1-3H3/t16-/m0/s1. The highest BCUT2D eigenvalue weighted by Gasteiger charge is 2.23. The van der Waals surface area contributed by atoms with Crippen LogP contribution in [0.4, 0.5) is 5.69 Å². The molecule has 1 aliphatic rings. The highest BCUT2D eigenvalue weighted by Crippen LogP contribution is 2.22. The fraction of sp³-hybridized carbons (Fsp3) is 0.350. The molecule has 0 radical (unpaired) electrons. The number of anilines is 1. The number of rotatable bonds is 4. The maximum absolute atomic E-state index is 12.8. The van der Waals surface area contributed by atoms with Crippen LogP contribution in [0.2, 0.25) is 0 Å². The number of hydrogen-bond acceptors (Lipinski definition) is 4. The number of nitrogens with one attached hydrogen (secondary N) is 1. The number of amides is 1. The summed E-state index contributed by atoms with van der Waals surface area (Å²) < 4.78 is 33.6. The van der Waals surface area contributed by atoms with E-state index in [2.05, 4.69) is 4.72 Å². The minimum Gasteiger partial charge on any atom is -0.375 e. The van der Waals surface area contributed by atoms with Crippen molar-refractivity contribution in [2.75, 3.05) is 24.4 Å². The van der Waals surface area contributed by atoms with Crippen molar-refractivity contribution in [2.24, 2.45) is 0 Å². The van der Waals surface area contributed by atoms with Crippen LogP contribution >= 0.6 is 0 Å². The molecule has 0 spiro atoms. The zero-order valence-corrected chi connectivity index (χ0v) is 16.5. The molecule has 27 heavy (non-hydrogen) atoms. The van der Waals surface area contributed by atoms with Gasteiger partial charge in [-0.3, -0.25) is 9.52 Å². The summed E-state index contributed by atoms with van der Waals surface area (Å²) in [5.74, 6) is -0.127. The van der Waals surface area contributed by atoms with Gasteiger partial charge in [-0.2, -0.15) is 0 Å². The Morgan fingerprint density at radius 1 is 1.19 bits per heavy atom. The average Bonchev–Trinajstić information content (AvgIpc) is 2.63. The van der Waals surface area contributed by atoms with Crippen LogP contribution in [0.1, 0.15) is 28.4 Å². The van der Waals surface area contributed by atoms with Crippen molar-refractivity contribution in [1.82, 2.24) is 4.90 Å². The molecular formula is C20H24N2O4S. The minimum atomic E-state index is -3.74. The van der Waals surface area contributed by atoms with Gasteiger partial charge in [-0.05, 0) is 56.2 Å². The number of hydrogen-bond donors (Lipinski definition) is 1. The molecular weight excluding hydrogens is 364 g/mol. The van der Waals surface area contributed by atoms with Gasteiger partial charge in [0.1, 0.15) is 0 Å². The summed E-state index contributed by atoms with van der Waals surface area (Å²) in [5, 5.41) is 0. The number of sulfonamides is 1. The first-order valence-corrected chi connectivity index (χ1v) is 10.4. The first kappa shape index (κ1) is 19.4. The SMILES string of the molecule is Cc1ccc(C)c(S(=O)(=O)Nc2cccc(C(=O)N3CCO[C@@H](C)C3)c2)c1. The van der Waals surface area contributed by atoms with Gasteiger partial charge in [0.05, 0.1) is 17.6 Å². The molecule has 0 unspecified atom stereocenters. The summed E-state index contributed by atoms with van der Waals surface area (Å²) in [6, 6.07) is 11.9. The zero-order valence-electron chi connectivity index (χ0n) is 15.7. The second kappa shape index (κ2) is 7.70. The van der Waals surface area contributed by atoms with Crippen LogP contribution in [-0.2, 0) is 14.8 Å². The molecule has 1 saturated heterocycles. The predicted octanol–water partition coefficient (Wildman–Crippen LogP) is 2.97. The van der Waals surface area contributed by atoms with Gasteiger partial charge in [0.2, 0.25) is 0 Å². The quantitative estimate of drug-likeness (QED) is 0.874. The summed E-state index contributed by atoms with van der Waals surface area (Å²) in [7, 11) is -3.74. The second-order valence-electron chi connectivity index (χ2n) is 6.89. The highest BCUT2D eigenvalue weighted by molar-refractivity contribution is 7.92. The Morgan fingerprint density at radius 3 is 2.70 bits per heavy atom. The molecule has 1 fully saturated rings. The largest absolute Gasteiger partial charge is 0.375 e. The summed E-state index contributed by atoms with van der Waals surface area (Å²) in [5.41, 5.74) is 2.35. The molecule has 1 amide bonds. The number of nitrogens with zero attached hydrogens (tertiary/aromatic N) is 1. The van der Waals surface area contributed by atoms with Gasteiger partial charge in [0.25, 0.3) is 15.9 Å². The van der Waals surface area contributed by atoms with Gasteiger partial charge < -0.3 is 9.64 Å². The van der Waals surface area contributed by atoms with E-state index in [-0.39, 0.29) is 16.9 Å².